The number of methoxy groups -OCH3 is 1. The summed E-state index contributed by atoms with van der Waals surface area (Å²) in [6, 6.07) is 15.6. The summed E-state index contributed by atoms with van der Waals surface area (Å²) < 4.78 is 10.6. The SMILES string of the molecule is COCCN=C(NCCc1ccco1)NC1CCN(C(C)c2ccccc2)CC1.I. The van der Waals surface area contributed by atoms with Crippen molar-refractivity contribution in [2.45, 2.75) is 38.3 Å². The minimum Gasteiger partial charge on any atom is -0.469 e. The lowest BCUT2D eigenvalue weighted by Crippen LogP contribution is -2.49. The van der Waals surface area contributed by atoms with Crippen LogP contribution in [0.15, 0.2) is 58.1 Å². The molecule has 30 heavy (non-hydrogen) atoms. The third-order valence-corrected chi connectivity index (χ3v) is 5.51. The lowest BCUT2D eigenvalue weighted by molar-refractivity contribution is 0.158. The largest absolute Gasteiger partial charge is 0.469 e. The highest BCUT2D eigenvalue weighted by Crippen LogP contribution is 2.23. The monoisotopic (exact) mass is 526 g/mol. The predicted octanol–water partition coefficient (Wildman–Crippen LogP) is 3.85. The first-order valence-corrected chi connectivity index (χ1v) is 10.6. The van der Waals surface area contributed by atoms with Gasteiger partial charge in [0.15, 0.2) is 5.96 Å². The second-order valence-corrected chi connectivity index (χ2v) is 7.52. The molecule has 1 aliphatic heterocycles. The van der Waals surface area contributed by atoms with E-state index in [-0.39, 0.29) is 24.0 Å². The molecule has 2 N–H and O–H groups in total. The van der Waals surface area contributed by atoms with Crippen LogP contribution in [0, 0.1) is 0 Å². The van der Waals surface area contributed by atoms with Crippen LogP contribution in [0.1, 0.15) is 37.1 Å². The van der Waals surface area contributed by atoms with Crippen molar-refractivity contribution in [2.75, 3.05) is 39.9 Å². The van der Waals surface area contributed by atoms with Crippen LogP contribution in [0.3, 0.4) is 0 Å². The van der Waals surface area contributed by atoms with Crippen LogP contribution in [0.4, 0.5) is 0 Å². The Balaban J connectivity index is 0.00000320. The second kappa shape index (κ2) is 13.7. The van der Waals surface area contributed by atoms with E-state index in [1.54, 1.807) is 13.4 Å². The third-order valence-electron chi connectivity index (χ3n) is 5.51. The Morgan fingerprint density at radius 3 is 2.63 bits per heavy atom. The van der Waals surface area contributed by atoms with Crippen molar-refractivity contribution < 1.29 is 9.15 Å². The molecule has 3 rings (SSSR count). The number of nitrogens with zero attached hydrogens (tertiary/aromatic N) is 2. The number of aliphatic imine (C=N–C) groups is 1. The molecule has 0 aliphatic carbocycles. The number of rotatable bonds is 9. The van der Waals surface area contributed by atoms with Gasteiger partial charge in [-0.05, 0) is 37.5 Å². The Labute approximate surface area is 197 Å². The standard InChI is InChI=1S/C23H34N4O2.HI/c1-19(20-7-4-3-5-8-20)27-15-11-21(12-16-27)26-23(25-14-18-28-2)24-13-10-22-9-6-17-29-22;/h3-9,17,19,21H,10-16,18H2,1-2H3,(H2,24,25,26);1H. The molecule has 1 fully saturated rings. The van der Waals surface area contributed by atoms with Crippen LogP contribution in [-0.4, -0.2) is 56.8 Å². The summed E-state index contributed by atoms with van der Waals surface area (Å²) in [5, 5.41) is 7.05. The summed E-state index contributed by atoms with van der Waals surface area (Å²) in [4.78, 5) is 7.22. The fourth-order valence-corrected chi connectivity index (χ4v) is 3.73. The average molecular weight is 526 g/mol. The van der Waals surface area contributed by atoms with Gasteiger partial charge in [0.25, 0.3) is 0 Å². The number of hydrogen-bond donors (Lipinski definition) is 2. The zero-order chi connectivity index (χ0) is 20.3. The number of benzene rings is 1. The number of guanidine groups is 1. The first kappa shape index (κ1) is 24.7. The van der Waals surface area contributed by atoms with Gasteiger partial charge in [0.1, 0.15) is 5.76 Å². The van der Waals surface area contributed by atoms with Crippen molar-refractivity contribution in [1.29, 1.82) is 0 Å². The van der Waals surface area contributed by atoms with E-state index >= 15 is 0 Å². The predicted molar refractivity (Wildman–Crippen MR) is 133 cm³/mol. The number of halogens is 1. The Bertz CT molecular complexity index is 716. The van der Waals surface area contributed by atoms with Gasteiger partial charge in [0, 0.05) is 45.2 Å². The average Bonchev–Trinajstić information content (AvgIpc) is 3.28. The van der Waals surface area contributed by atoms with E-state index in [0.29, 0.717) is 25.2 Å². The van der Waals surface area contributed by atoms with Crippen molar-refractivity contribution in [1.82, 2.24) is 15.5 Å². The lowest BCUT2D eigenvalue weighted by Gasteiger charge is -2.37. The van der Waals surface area contributed by atoms with Crippen molar-refractivity contribution in [3.63, 3.8) is 0 Å². The molecule has 0 amide bonds. The highest BCUT2D eigenvalue weighted by atomic mass is 127. The van der Waals surface area contributed by atoms with Gasteiger partial charge in [0.05, 0.1) is 19.4 Å². The molecule has 0 bridgehead atoms. The van der Waals surface area contributed by atoms with E-state index in [9.17, 15) is 0 Å². The first-order chi connectivity index (χ1) is 14.3. The fraction of sp³-hybridized carbons (Fsp3) is 0.522. The molecule has 1 aromatic carbocycles. The molecule has 0 radical (unpaired) electrons. The van der Waals surface area contributed by atoms with Crippen molar-refractivity contribution in [3.05, 3.63) is 60.1 Å². The summed E-state index contributed by atoms with van der Waals surface area (Å²) in [6.45, 7) is 6.54. The highest BCUT2D eigenvalue weighted by molar-refractivity contribution is 14.0. The van der Waals surface area contributed by atoms with E-state index in [1.165, 1.54) is 5.56 Å². The Morgan fingerprint density at radius 2 is 1.97 bits per heavy atom. The van der Waals surface area contributed by atoms with E-state index in [4.69, 9.17) is 9.15 Å². The minimum absolute atomic E-state index is 0. The van der Waals surface area contributed by atoms with Gasteiger partial charge in [-0.2, -0.15) is 0 Å². The molecule has 7 heteroatoms. The van der Waals surface area contributed by atoms with Gasteiger partial charge in [-0.3, -0.25) is 9.89 Å². The zero-order valence-electron chi connectivity index (χ0n) is 18.0. The maximum absolute atomic E-state index is 5.41. The molecule has 1 aromatic heterocycles. The van der Waals surface area contributed by atoms with Crippen LogP contribution in [-0.2, 0) is 11.2 Å². The van der Waals surface area contributed by atoms with Crippen LogP contribution in [0.5, 0.6) is 0 Å². The molecule has 1 aliphatic rings. The Kier molecular flexibility index (Phi) is 11.2. The number of hydrogen-bond acceptors (Lipinski definition) is 4. The molecule has 0 spiro atoms. The van der Waals surface area contributed by atoms with E-state index in [2.05, 4.69) is 57.8 Å². The molecule has 6 nitrogen and oxygen atoms in total. The van der Waals surface area contributed by atoms with Gasteiger partial charge in [-0.1, -0.05) is 30.3 Å². The molecule has 1 saturated heterocycles. The minimum atomic E-state index is 0. The van der Waals surface area contributed by atoms with E-state index in [0.717, 1.165) is 50.6 Å². The summed E-state index contributed by atoms with van der Waals surface area (Å²) in [5.41, 5.74) is 1.39. The Morgan fingerprint density at radius 1 is 1.20 bits per heavy atom. The maximum atomic E-state index is 5.41. The first-order valence-electron chi connectivity index (χ1n) is 10.6. The summed E-state index contributed by atoms with van der Waals surface area (Å²) in [6.07, 6.45) is 4.77. The number of nitrogens with one attached hydrogen (secondary N) is 2. The fourth-order valence-electron chi connectivity index (χ4n) is 3.73. The topological polar surface area (TPSA) is 62.0 Å². The van der Waals surface area contributed by atoms with Gasteiger partial charge < -0.3 is 19.8 Å². The van der Waals surface area contributed by atoms with E-state index < -0.39 is 0 Å². The zero-order valence-corrected chi connectivity index (χ0v) is 20.4. The van der Waals surface area contributed by atoms with E-state index in [1.807, 2.05) is 12.1 Å². The summed E-state index contributed by atoms with van der Waals surface area (Å²) >= 11 is 0. The molecular formula is C23H35IN4O2. The maximum Gasteiger partial charge on any atom is 0.191 e. The normalized spacial score (nSPS) is 16.7. The summed E-state index contributed by atoms with van der Waals surface area (Å²) in [5.74, 6) is 1.85. The Hall–Kier alpha value is -1.58. The van der Waals surface area contributed by atoms with Crippen LogP contribution < -0.4 is 10.6 Å². The number of piperidine rings is 1. The molecule has 2 heterocycles. The molecule has 1 unspecified atom stereocenters. The van der Waals surface area contributed by atoms with Crippen molar-refractivity contribution in [2.24, 2.45) is 4.99 Å². The van der Waals surface area contributed by atoms with Crippen LogP contribution in [0.2, 0.25) is 0 Å². The van der Waals surface area contributed by atoms with Crippen molar-refractivity contribution in [3.8, 4) is 0 Å². The number of ether oxygens (including phenoxy) is 1. The molecule has 2 aromatic rings. The quantitative estimate of drug-likeness (QED) is 0.225. The smallest absolute Gasteiger partial charge is 0.191 e. The number of likely N-dealkylation sites (tertiary alicyclic amines) is 1. The third kappa shape index (κ3) is 7.92. The van der Waals surface area contributed by atoms with Gasteiger partial charge in [0.2, 0.25) is 0 Å². The number of furan rings is 1. The van der Waals surface area contributed by atoms with Crippen LogP contribution >= 0.6 is 24.0 Å². The lowest BCUT2D eigenvalue weighted by atomic mass is 10.0. The van der Waals surface area contributed by atoms with Gasteiger partial charge in [-0.25, -0.2) is 0 Å². The van der Waals surface area contributed by atoms with Crippen LogP contribution in [0.25, 0.3) is 0 Å². The molecule has 1 atom stereocenters. The highest BCUT2D eigenvalue weighted by Gasteiger charge is 2.24. The molecule has 166 valence electrons. The van der Waals surface area contributed by atoms with Crippen molar-refractivity contribution >= 4 is 29.9 Å². The van der Waals surface area contributed by atoms with Gasteiger partial charge >= 0.3 is 0 Å². The second-order valence-electron chi connectivity index (χ2n) is 7.52. The van der Waals surface area contributed by atoms with Gasteiger partial charge in [-0.15, -0.1) is 24.0 Å². The molecular weight excluding hydrogens is 491 g/mol. The molecule has 0 saturated carbocycles. The summed E-state index contributed by atoms with van der Waals surface area (Å²) in [7, 11) is 1.70.